The largest absolute Gasteiger partial charge is 0.375 e. The molecule has 146 valence electrons. The molecule has 4 aromatic heterocycles. The minimum absolute atomic E-state index is 0.0135. The summed E-state index contributed by atoms with van der Waals surface area (Å²) in [5, 5.41) is 7.54. The van der Waals surface area contributed by atoms with Crippen molar-refractivity contribution in [1.82, 2.24) is 34.6 Å². The number of rotatable bonds is 3. The van der Waals surface area contributed by atoms with Gasteiger partial charge >= 0.3 is 0 Å². The number of aromatic nitrogens is 6. The lowest BCUT2D eigenvalue weighted by atomic mass is 10.2. The summed E-state index contributed by atoms with van der Waals surface area (Å²) in [5.74, 6) is 0.605. The summed E-state index contributed by atoms with van der Waals surface area (Å²) in [6.45, 7) is 3.74. The molecule has 1 aliphatic heterocycles. The fourth-order valence-electron chi connectivity index (χ4n) is 3.53. The number of hydrogen-bond donors (Lipinski definition) is 1. The van der Waals surface area contributed by atoms with Gasteiger partial charge in [0.2, 0.25) is 0 Å². The second-order valence-corrected chi connectivity index (χ2v) is 6.99. The number of nitrogens with zero attached hydrogens (tertiary/aromatic N) is 6. The minimum Gasteiger partial charge on any atom is -0.375 e. The van der Waals surface area contributed by atoms with Gasteiger partial charge in [-0.15, -0.1) is 0 Å². The van der Waals surface area contributed by atoms with Gasteiger partial charge < -0.3 is 9.64 Å². The van der Waals surface area contributed by atoms with Gasteiger partial charge in [0, 0.05) is 30.9 Å². The number of ether oxygens (including phenoxy) is 1. The Bertz CT molecular complexity index is 1150. The summed E-state index contributed by atoms with van der Waals surface area (Å²) >= 11 is 0. The Morgan fingerprint density at radius 2 is 2.14 bits per heavy atom. The van der Waals surface area contributed by atoms with E-state index in [1.165, 1.54) is 6.33 Å². The Kier molecular flexibility index (Phi) is 4.28. The molecule has 0 radical (unpaired) electrons. The minimum atomic E-state index is -0.0135. The number of H-pyrrole nitrogens is 1. The topological polar surface area (TPSA) is 102 Å². The first-order chi connectivity index (χ1) is 14.2. The summed E-state index contributed by atoms with van der Waals surface area (Å²) in [6, 6.07) is 7.66. The van der Waals surface area contributed by atoms with Crippen molar-refractivity contribution < 1.29 is 9.53 Å². The van der Waals surface area contributed by atoms with Crippen LogP contribution in [0.15, 0.2) is 49.2 Å². The monoisotopic (exact) mass is 389 g/mol. The summed E-state index contributed by atoms with van der Waals surface area (Å²) in [5.41, 5.74) is 2.94. The van der Waals surface area contributed by atoms with E-state index in [1.807, 2.05) is 46.9 Å². The zero-order valence-electron chi connectivity index (χ0n) is 15.8. The molecule has 1 aliphatic rings. The number of aromatic amines is 1. The van der Waals surface area contributed by atoms with Crippen LogP contribution in [0.4, 0.5) is 0 Å². The zero-order valence-corrected chi connectivity index (χ0v) is 15.8. The normalized spacial score (nSPS) is 17.0. The van der Waals surface area contributed by atoms with Crippen molar-refractivity contribution in [2.24, 2.45) is 0 Å². The maximum Gasteiger partial charge on any atom is 0.255 e. The molecule has 0 spiro atoms. The smallest absolute Gasteiger partial charge is 0.255 e. The third kappa shape index (κ3) is 3.25. The van der Waals surface area contributed by atoms with Crippen LogP contribution in [0.5, 0.6) is 0 Å². The molecule has 1 atom stereocenters. The van der Waals surface area contributed by atoms with Gasteiger partial charge in [-0.05, 0) is 31.2 Å². The average Bonchev–Trinajstić information content (AvgIpc) is 3.43. The van der Waals surface area contributed by atoms with E-state index in [-0.39, 0.29) is 12.0 Å². The van der Waals surface area contributed by atoms with Gasteiger partial charge in [-0.25, -0.2) is 9.97 Å². The molecule has 0 aromatic carbocycles. The predicted octanol–water partition coefficient (Wildman–Crippen LogP) is 2.07. The van der Waals surface area contributed by atoms with Crippen molar-refractivity contribution in [2.75, 3.05) is 19.7 Å². The molecule has 9 nitrogen and oxygen atoms in total. The molecular formula is C20H19N7O2. The molecule has 0 aliphatic carbocycles. The Morgan fingerprint density at radius 1 is 1.21 bits per heavy atom. The average molecular weight is 389 g/mol. The highest BCUT2D eigenvalue weighted by molar-refractivity contribution is 5.97. The standard InChI is InChI=1S/C20H19N7O2/c1-13-11-26(6-7-29-13)20(28)15-8-14-4-5-27(19(14)22-9-15)16-2-3-17(21-10-16)18-23-12-24-25-18/h2-5,8-10,12-13H,6-7,11H2,1H3,(H,23,24,25). The number of fused-ring (bicyclic) bond motifs is 1. The van der Waals surface area contributed by atoms with Gasteiger partial charge in [0.15, 0.2) is 5.82 Å². The number of nitrogens with one attached hydrogen (secondary N) is 1. The summed E-state index contributed by atoms with van der Waals surface area (Å²) in [7, 11) is 0. The highest BCUT2D eigenvalue weighted by Gasteiger charge is 2.23. The van der Waals surface area contributed by atoms with E-state index in [0.29, 0.717) is 36.8 Å². The van der Waals surface area contributed by atoms with Crippen LogP contribution in [0.25, 0.3) is 28.2 Å². The molecule has 1 unspecified atom stereocenters. The van der Waals surface area contributed by atoms with Crippen molar-refractivity contribution in [2.45, 2.75) is 13.0 Å². The van der Waals surface area contributed by atoms with Crippen molar-refractivity contribution in [1.29, 1.82) is 0 Å². The third-order valence-corrected chi connectivity index (χ3v) is 4.99. The van der Waals surface area contributed by atoms with Gasteiger partial charge in [0.1, 0.15) is 17.7 Å². The lowest BCUT2D eigenvalue weighted by Crippen LogP contribution is -2.44. The molecule has 5 heterocycles. The maximum absolute atomic E-state index is 12.8. The Hall–Kier alpha value is -3.59. The molecule has 29 heavy (non-hydrogen) atoms. The second-order valence-electron chi connectivity index (χ2n) is 6.99. The first-order valence-corrected chi connectivity index (χ1v) is 9.39. The Morgan fingerprint density at radius 3 is 2.90 bits per heavy atom. The van der Waals surface area contributed by atoms with E-state index < -0.39 is 0 Å². The second kappa shape index (κ2) is 7.10. The Labute approximate surface area is 166 Å². The number of hydrogen-bond acceptors (Lipinski definition) is 6. The first-order valence-electron chi connectivity index (χ1n) is 9.39. The van der Waals surface area contributed by atoms with Gasteiger partial charge in [0.25, 0.3) is 5.91 Å². The van der Waals surface area contributed by atoms with Crippen molar-refractivity contribution in [3.63, 3.8) is 0 Å². The van der Waals surface area contributed by atoms with E-state index in [1.54, 1.807) is 12.4 Å². The van der Waals surface area contributed by atoms with Crippen LogP contribution in [0.3, 0.4) is 0 Å². The number of amides is 1. The highest BCUT2D eigenvalue weighted by Crippen LogP contribution is 2.21. The summed E-state index contributed by atoms with van der Waals surface area (Å²) in [4.78, 5) is 27.7. The molecule has 0 bridgehead atoms. The first kappa shape index (κ1) is 17.5. The molecule has 1 N–H and O–H groups in total. The van der Waals surface area contributed by atoms with Crippen molar-refractivity contribution in [3.05, 3.63) is 54.7 Å². The summed E-state index contributed by atoms with van der Waals surface area (Å²) < 4.78 is 7.46. The molecule has 9 heteroatoms. The number of pyridine rings is 2. The van der Waals surface area contributed by atoms with E-state index in [2.05, 4.69) is 25.1 Å². The fraction of sp³-hybridized carbons (Fsp3) is 0.250. The maximum atomic E-state index is 12.8. The summed E-state index contributed by atoms with van der Waals surface area (Å²) in [6.07, 6.45) is 6.82. The number of carbonyl (C=O) groups excluding carboxylic acids is 1. The SMILES string of the molecule is CC1CN(C(=O)c2cnc3c(ccn3-c3ccc(-c4ncn[nH]4)nc3)c2)CCO1. The molecule has 1 amide bonds. The lowest BCUT2D eigenvalue weighted by Gasteiger charge is -2.31. The van der Waals surface area contributed by atoms with E-state index in [4.69, 9.17) is 4.74 Å². The van der Waals surface area contributed by atoms with Gasteiger partial charge in [-0.1, -0.05) is 0 Å². The lowest BCUT2D eigenvalue weighted by molar-refractivity contribution is -0.0124. The van der Waals surface area contributed by atoms with Crippen LogP contribution >= 0.6 is 0 Å². The van der Waals surface area contributed by atoms with Crippen LogP contribution in [0.2, 0.25) is 0 Å². The molecule has 5 rings (SSSR count). The van der Waals surface area contributed by atoms with E-state index >= 15 is 0 Å². The van der Waals surface area contributed by atoms with Crippen molar-refractivity contribution in [3.8, 4) is 17.2 Å². The van der Waals surface area contributed by atoms with Gasteiger partial charge in [0.05, 0.1) is 30.2 Å². The molecule has 1 saturated heterocycles. The van der Waals surface area contributed by atoms with E-state index in [0.717, 1.165) is 16.7 Å². The highest BCUT2D eigenvalue weighted by atomic mass is 16.5. The van der Waals surface area contributed by atoms with Crippen LogP contribution < -0.4 is 0 Å². The number of carbonyl (C=O) groups is 1. The van der Waals surface area contributed by atoms with Gasteiger partial charge in [-0.3, -0.25) is 19.4 Å². The molecular weight excluding hydrogens is 370 g/mol. The molecule has 1 fully saturated rings. The third-order valence-electron chi connectivity index (χ3n) is 4.99. The quantitative estimate of drug-likeness (QED) is 0.576. The van der Waals surface area contributed by atoms with Crippen LogP contribution in [0.1, 0.15) is 17.3 Å². The molecule has 4 aromatic rings. The van der Waals surface area contributed by atoms with Gasteiger partial charge in [-0.2, -0.15) is 5.10 Å². The van der Waals surface area contributed by atoms with Crippen LogP contribution in [-0.4, -0.2) is 66.3 Å². The van der Waals surface area contributed by atoms with E-state index in [9.17, 15) is 4.79 Å². The molecule has 0 saturated carbocycles. The van der Waals surface area contributed by atoms with Crippen molar-refractivity contribution >= 4 is 16.9 Å². The number of morpholine rings is 1. The van der Waals surface area contributed by atoms with Crippen LogP contribution in [0, 0.1) is 0 Å². The fourth-order valence-corrected chi connectivity index (χ4v) is 3.53. The Balaban J connectivity index is 1.43. The predicted molar refractivity (Wildman–Crippen MR) is 106 cm³/mol. The zero-order chi connectivity index (χ0) is 19.8. The van der Waals surface area contributed by atoms with Crippen LogP contribution in [-0.2, 0) is 4.74 Å².